The number of rotatable bonds is 7. The Morgan fingerprint density at radius 1 is 1.11 bits per heavy atom. The Bertz CT molecular complexity index is 1030. The first-order valence-electron chi connectivity index (χ1n) is 8.41. The van der Waals surface area contributed by atoms with Crippen LogP contribution in [0.15, 0.2) is 49.8 Å². The van der Waals surface area contributed by atoms with Crippen molar-refractivity contribution < 1.29 is 8.83 Å². The first kappa shape index (κ1) is 17.7. The fourth-order valence-electron chi connectivity index (χ4n) is 2.56. The van der Waals surface area contributed by atoms with Crippen molar-refractivity contribution in [3.8, 4) is 11.7 Å². The third-order valence-electron chi connectivity index (χ3n) is 3.90. The number of aryl methyl sites for hydroxylation is 2. The van der Waals surface area contributed by atoms with Crippen molar-refractivity contribution in [2.75, 3.05) is 5.32 Å². The fourth-order valence-corrected chi connectivity index (χ4v) is 4.16. The number of nitrogens with one attached hydrogen (secondary N) is 1. The van der Waals surface area contributed by atoms with Gasteiger partial charge in [0.15, 0.2) is 10.1 Å². The molecule has 0 atom stereocenters. The van der Waals surface area contributed by atoms with Crippen molar-refractivity contribution in [1.82, 2.24) is 20.4 Å². The summed E-state index contributed by atoms with van der Waals surface area (Å²) in [7, 11) is 0. The van der Waals surface area contributed by atoms with E-state index in [1.54, 1.807) is 18.4 Å². The molecule has 0 spiro atoms. The first-order chi connectivity index (χ1) is 13.2. The van der Waals surface area contributed by atoms with Crippen molar-refractivity contribution >= 4 is 33.9 Å². The van der Waals surface area contributed by atoms with Gasteiger partial charge in [-0.05, 0) is 36.6 Å². The lowest BCUT2D eigenvalue weighted by molar-refractivity contribution is 0.494. The van der Waals surface area contributed by atoms with Crippen LogP contribution in [0, 0.1) is 6.92 Å². The summed E-state index contributed by atoms with van der Waals surface area (Å²) in [5, 5.41) is 20.7. The highest BCUT2D eigenvalue weighted by Crippen LogP contribution is 2.32. The van der Waals surface area contributed by atoms with Crippen LogP contribution in [0.3, 0.4) is 0 Å². The third-order valence-corrected chi connectivity index (χ3v) is 5.85. The molecule has 3 heterocycles. The van der Waals surface area contributed by atoms with Crippen LogP contribution in [0.25, 0.3) is 11.7 Å². The summed E-state index contributed by atoms with van der Waals surface area (Å²) in [5.41, 5.74) is 3.55. The van der Waals surface area contributed by atoms with Gasteiger partial charge in [0.1, 0.15) is 0 Å². The smallest absolute Gasteiger partial charge is 0.283 e. The van der Waals surface area contributed by atoms with Crippen LogP contribution >= 0.6 is 23.1 Å². The molecule has 0 amide bonds. The quantitative estimate of drug-likeness (QED) is 0.430. The van der Waals surface area contributed by atoms with E-state index in [0.717, 1.165) is 21.6 Å². The number of benzene rings is 1. The number of hydrogen-bond donors (Lipinski definition) is 1. The van der Waals surface area contributed by atoms with Gasteiger partial charge >= 0.3 is 0 Å². The molecule has 0 saturated heterocycles. The summed E-state index contributed by atoms with van der Waals surface area (Å²) in [6, 6.07) is 9.84. The molecule has 0 radical (unpaired) electrons. The van der Waals surface area contributed by atoms with Crippen molar-refractivity contribution in [2.24, 2.45) is 0 Å². The van der Waals surface area contributed by atoms with E-state index in [-0.39, 0.29) is 0 Å². The van der Waals surface area contributed by atoms with E-state index in [0.29, 0.717) is 23.3 Å². The maximum atomic E-state index is 5.60. The molecule has 0 bridgehead atoms. The lowest BCUT2D eigenvalue weighted by Crippen LogP contribution is -1.97. The summed E-state index contributed by atoms with van der Waals surface area (Å²) in [6.45, 7) is 4.23. The Labute approximate surface area is 164 Å². The molecule has 0 unspecified atom stereocenters. The summed E-state index contributed by atoms with van der Waals surface area (Å²) >= 11 is 3.01. The number of thioether (sulfide) groups is 1. The van der Waals surface area contributed by atoms with Gasteiger partial charge in [-0.1, -0.05) is 48.2 Å². The molecular formula is C18H17N5O2S2. The summed E-state index contributed by atoms with van der Waals surface area (Å²) in [4.78, 5) is 0. The second-order valence-corrected chi connectivity index (χ2v) is 7.93. The van der Waals surface area contributed by atoms with Crippen LogP contribution < -0.4 is 5.32 Å². The molecule has 0 aliphatic rings. The number of furan rings is 1. The molecule has 0 aliphatic heterocycles. The minimum absolute atomic E-state index is 0.377. The van der Waals surface area contributed by atoms with Crippen LogP contribution in [0.2, 0.25) is 0 Å². The Hall–Kier alpha value is -2.65. The van der Waals surface area contributed by atoms with E-state index in [2.05, 4.69) is 57.8 Å². The number of para-hydroxylation sites is 1. The molecule has 0 saturated carbocycles. The molecule has 4 rings (SSSR count). The molecular weight excluding hydrogens is 382 g/mol. The molecule has 0 aliphatic carbocycles. The Balaban J connectivity index is 1.40. The number of anilines is 2. The van der Waals surface area contributed by atoms with Crippen molar-refractivity contribution in [2.45, 2.75) is 30.4 Å². The molecule has 3 aromatic heterocycles. The van der Waals surface area contributed by atoms with Gasteiger partial charge < -0.3 is 14.2 Å². The third kappa shape index (κ3) is 4.04. The predicted molar refractivity (Wildman–Crippen MR) is 105 cm³/mol. The highest BCUT2D eigenvalue weighted by Gasteiger charge is 2.13. The predicted octanol–water partition coefficient (Wildman–Crippen LogP) is 5.09. The zero-order chi connectivity index (χ0) is 18.6. The fraction of sp³-hybridized carbons (Fsp3) is 0.222. The minimum Gasteiger partial charge on any atom is -0.459 e. The van der Waals surface area contributed by atoms with Gasteiger partial charge in [0.2, 0.25) is 11.0 Å². The van der Waals surface area contributed by atoms with Crippen molar-refractivity contribution in [3.63, 3.8) is 0 Å². The standard InChI is InChI=1S/C18H17N5O2S2/c1-3-12-7-4-6-11(2)15(12)19-17-22-23-18(27-17)26-10-14-20-21-16(25-14)13-8-5-9-24-13/h4-9H,3,10H2,1-2H3,(H,19,22). The van der Waals surface area contributed by atoms with Crippen LogP contribution in [0.5, 0.6) is 0 Å². The molecule has 27 heavy (non-hydrogen) atoms. The normalized spacial score (nSPS) is 11.0. The maximum Gasteiger partial charge on any atom is 0.283 e. The van der Waals surface area contributed by atoms with Crippen molar-refractivity contribution in [1.29, 1.82) is 0 Å². The Morgan fingerprint density at radius 3 is 2.85 bits per heavy atom. The van der Waals surface area contributed by atoms with Gasteiger partial charge in [0, 0.05) is 5.69 Å². The van der Waals surface area contributed by atoms with Crippen LogP contribution in [0.4, 0.5) is 10.8 Å². The summed E-state index contributed by atoms with van der Waals surface area (Å²) in [5.74, 6) is 1.98. The molecule has 0 fully saturated rings. The first-order valence-corrected chi connectivity index (χ1v) is 10.2. The highest BCUT2D eigenvalue weighted by atomic mass is 32.2. The van der Waals surface area contributed by atoms with Crippen molar-refractivity contribution in [3.05, 3.63) is 53.6 Å². The number of hydrogen-bond acceptors (Lipinski definition) is 9. The average molecular weight is 400 g/mol. The Morgan fingerprint density at radius 2 is 2.04 bits per heavy atom. The number of aromatic nitrogens is 4. The Kier molecular flexibility index (Phi) is 5.21. The number of nitrogens with zero attached hydrogens (tertiary/aromatic N) is 4. The van der Waals surface area contributed by atoms with E-state index in [1.165, 1.54) is 34.2 Å². The SMILES string of the molecule is CCc1cccc(C)c1Nc1nnc(SCc2nnc(-c3ccco3)o2)s1. The molecule has 1 aromatic carbocycles. The highest BCUT2D eigenvalue weighted by molar-refractivity contribution is 8.00. The van der Waals surface area contributed by atoms with E-state index >= 15 is 0 Å². The van der Waals surface area contributed by atoms with E-state index in [1.807, 2.05) is 0 Å². The van der Waals surface area contributed by atoms with Gasteiger partial charge in [0.25, 0.3) is 5.89 Å². The van der Waals surface area contributed by atoms with Crippen LogP contribution in [0.1, 0.15) is 23.9 Å². The largest absolute Gasteiger partial charge is 0.459 e. The van der Waals surface area contributed by atoms with Crippen LogP contribution in [-0.2, 0) is 12.2 Å². The van der Waals surface area contributed by atoms with Gasteiger partial charge in [-0.25, -0.2) is 0 Å². The van der Waals surface area contributed by atoms with E-state index in [4.69, 9.17) is 8.83 Å². The zero-order valence-electron chi connectivity index (χ0n) is 14.8. The van der Waals surface area contributed by atoms with Crippen LogP contribution in [-0.4, -0.2) is 20.4 Å². The van der Waals surface area contributed by atoms with E-state index in [9.17, 15) is 0 Å². The molecule has 138 valence electrons. The van der Waals surface area contributed by atoms with Gasteiger partial charge in [-0.2, -0.15) is 0 Å². The maximum absolute atomic E-state index is 5.60. The van der Waals surface area contributed by atoms with E-state index < -0.39 is 0 Å². The summed E-state index contributed by atoms with van der Waals surface area (Å²) in [6.07, 6.45) is 2.53. The topological polar surface area (TPSA) is 89.9 Å². The molecule has 9 heteroatoms. The molecule has 7 nitrogen and oxygen atoms in total. The second kappa shape index (κ2) is 7.93. The van der Waals surface area contributed by atoms with Gasteiger partial charge in [-0.15, -0.1) is 20.4 Å². The molecule has 1 N–H and O–H groups in total. The average Bonchev–Trinajstić information content (AvgIpc) is 3.43. The lowest BCUT2D eigenvalue weighted by Gasteiger charge is -2.11. The molecule has 4 aromatic rings. The van der Waals surface area contributed by atoms with Gasteiger partial charge in [0.05, 0.1) is 12.0 Å². The second-order valence-electron chi connectivity index (χ2n) is 5.73. The zero-order valence-corrected chi connectivity index (χ0v) is 16.4. The summed E-state index contributed by atoms with van der Waals surface area (Å²) < 4.78 is 11.7. The monoisotopic (exact) mass is 399 g/mol. The minimum atomic E-state index is 0.377. The lowest BCUT2D eigenvalue weighted by atomic mass is 10.1. The van der Waals surface area contributed by atoms with Gasteiger partial charge in [-0.3, -0.25) is 0 Å².